The molecule has 0 atom stereocenters. The topological polar surface area (TPSA) is 89.8 Å². The summed E-state index contributed by atoms with van der Waals surface area (Å²) in [6.07, 6.45) is -1.92. The van der Waals surface area contributed by atoms with Gasteiger partial charge in [-0.15, -0.1) is 0 Å². The second-order valence-electron chi connectivity index (χ2n) is 7.40. The van der Waals surface area contributed by atoms with Crippen molar-refractivity contribution in [3.63, 3.8) is 0 Å². The fourth-order valence-corrected chi connectivity index (χ4v) is 3.62. The Labute approximate surface area is 196 Å². The van der Waals surface area contributed by atoms with E-state index in [1.807, 2.05) is 0 Å². The van der Waals surface area contributed by atoms with Gasteiger partial charge in [-0.1, -0.05) is 11.6 Å². The number of halogens is 4. The first-order valence-electron chi connectivity index (χ1n) is 10.1. The first-order valence-corrected chi connectivity index (χ1v) is 10.5. The van der Waals surface area contributed by atoms with Gasteiger partial charge in [0.25, 0.3) is 5.91 Å². The van der Waals surface area contributed by atoms with E-state index in [1.54, 1.807) is 6.07 Å². The summed E-state index contributed by atoms with van der Waals surface area (Å²) < 4.78 is 56.9. The van der Waals surface area contributed by atoms with Crippen LogP contribution in [-0.4, -0.2) is 25.0 Å². The molecule has 2 heterocycles. The molecule has 0 aliphatic carbocycles. The second kappa shape index (κ2) is 9.68. The van der Waals surface area contributed by atoms with Crippen molar-refractivity contribution in [1.82, 2.24) is 0 Å². The number of hydrogen-bond acceptors (Lipinski definition) is 5. The summed E-state index contributed by atoms with van der Waals surface area (Å²) in [5, 5.41) is 4.90. The number of fused-ring (bicyclic) bond motifs is 1. The third kappa shape index (κ3) is 5.45. The van der Waals surface area contributed by atoms with Crippen LogP contribution in [-0.2, 0) is 17.4 Å². The van der Waals surface area contributed by atoms with Crippen molar-refractivity contribution in [3.8, 4) is 11.5 Å². The van der Waals surface area contributed by atoms with E-state index in [-0.39, 0.29) is 22.7 Å². The molecule has 0 unspecified atom stereocenters. The summed E-state index contributed by atoms with van der Waals surface area (Å²) >= 11 is 6.22. The molecule has 0 saturated heterocycles. The fourth-order valence-electron chi connectivity index (χ4n) is 3.33. The van der Waals surface area contributed by atoms with Crippen molar-refractivity contribution >= 4 is 34.8 Å². The van der Waals surface area contributed by atoms with Gasteiger partial charge in [-0.3, -0.25) is 9.59 Å². The van der Waals surface area contributed by atoms with Crippen molar-refractivity contribution in [1.29, 1.82) is 0 Å². The zero-order valence-corrected chi connectivity index (χ0v) is 18.3. The number of furan rings is 1. The number of alkyl halides is 3. The van der Waals surface area contributed by atoms with Gasteiger partial charge in [0.05, 0.1) is 47.7 Å². The highest BCUT2D eigenvalue weighted by molar-refractivity contribution is 6.32. The molecule has 4 rings (SSSR count). The molecule has 0 radical (unpaired) electrons. The van der Waals surface area contributed by atoms with Crippen LogP contribution in [0, 0.1) is 0 Å². The highest BCUT2D eigenvalue weighted by atomic mass is 35.5. The maximum atomic E-state index is 13.7. The second-order valence-corrected chi connectivity index (χ2v) is 7.81. The molecule has 0 spiro atoms. The van der Waals surface area contributed by atoms with Gasteiger partial charge in [0, 0.05) is 12.1 Å². The zero-order chi connectivity index (χ0) is 24.3. The van der Waals surface area contributed by atoms with Crippen molar-refractivity contribution in [3.05, 3.63) is 70.6 Å². The Morgan fingerprint density at radius 3 is 2.56 bits per heavy atom. The van der Waals surface area contributed by atoms with Crippen LogP contribution in [0.3, 0.4) is 0 Å². The molecule has 2 N–H and O–H groups in total. The molecule has 2 amide bonds. The van der Waals surface area contributed by atoms with Crippen LogP contribution in [0.4, 0.5) is 24.5 Å². The first-order chi connectivity index (χ1) is 16.2. The Bertz CT molecular complexity index is 1210. The van der Waals surface area contributed by atoms with Gasteiger partial charge in [-0.05, 0) is 42.0 Å². The number of anilines is 2. The standard InChI is InChI=1S/C23H18ClF3N2O5/c24-17-8-13(9-19-21(17)34-6-1-5-33-19)10-20(30)29-18-3-2-15(11-16(18)23(25,26)27)28-22(31)14-4-7-32-12-14/h2-4,7-9,11-12H,1,5-6,10H2,(H,28,31)(H,29,30). The number of carbonyl (C=O) groups is 2. The number of benzene rings is 2. The molecule has 11 heteroatoms. The van der Waals surface area contributed by atoms with Gasteiger partial charge < -0.3 is 24.5 Å². The Kier molecular flexibility index (Phi) is 6.69. The number of rotatable bonds is 5. The molecule has 1 aliphatic rings. The van der Waals surface area contributed by atoms with Crippen molar-refractivity contribution in [2.45, 2.75) is 19.0 Å². The number of amides is 2. The lowest BCUT2D eigenvalue weighted by Gasteiger charge is -2.16. The molecule has 1 aromatic heterocycles. The smallest absolute Gasteiger partial charge is 0.418 e. The minimum Gasteiger partial charge on any atom is -0.489 e. The Hall–Kier alpha value is -3.66. The first kappa shape index (κ1) is 23.5. The van der Waals surface area contributed by atoms with E-state index in [2.05, 4.69) is 10.6 Å². The van der Waals surface area contributed by atoms with E-state index in [0.717, 1.165) is 12.1 Å². The van der Waals surface area contributed by atoms with Gasteiger partial charge in [0.1, 0.15) is 6.26 Å². The van der Waals surface area contributed by atoms with Crippen LogP contribution in [0.2, 0.25) is 5.02 Å². The molecule has 178 valence electrons. The van der Waals surface area contributed by atoms with E-state index >= 15 is 0 Å². The predicted octanol–water partition coefficient (Wildman–Crippen LogP) is 5.55. The molecule has 2 aromatic carbocycles. The fraction of sp³-hybridized carbons (Fsp3) is 0.217. The maximum Gasteiger partial charge on any atom is 0.418 e. The monoisotopic (exact) mass is 494 g/mol. The number of nitrogens with one attached hydrogen (secondary N) is 2. The summed E-state index contributed by atoms with van der Waals surface area (Å²) in [6, 6.07) is 7.54. The van der Waals surface area contributed by atoms with Gasteiger partial charge >= 0.3 is 6.18 Å². The van der Waals surface area contributed by atoms with Crippen molar-refractivity contribution in [2.24, 2.45) is 0 Å². The minimum absolute atomic E-state index is 0.0915. The summed E-state index contributed by atoms with van der Waals surface area (Å²) in [5.74, 6) is -0.576. The van der Waals surface area contributed by atoms with Gasteiger partial charge in [-0.2, -0.15) is 13.2 Å². The van der Waals surface area contributed by atoms with E-state index in [9.17, 15) is 22.8 Å². The van der Waals surface area contributed by atoms with E-state index in [1.165, 1.54) is 30.7 Å². The molecular weight excluding hydrogens is 477 g/mol. The number of ether oxygens (including phenoxy) is 2. The maximum absolute atomic E-state index is 13.7. The van der Waals surface area contributed by atoms with E-state index in [4.69, 9.17) is 25.5 Å². The number of carbonyl (C=O) groups excluding carboxylic acids is 2. The number of hydrogen-bond donors (Lipinski definition) is 2. The SMILES string of the molecule is O=C(Cc1cc(Cl)c2c(c1)OCCCO2)Nc1ccc(NC(=O)c2ccoc2)cc1C(F)(F)F. The lowest BCUT2D eigenvalue weighted by Crippen LogP contribution is -2.19. The highest BCUT2D eigenvalue weighted by Crippen LogP contribution is 2.39. The van der Waals surface area contributed by atoms with Gasteiger partial charge in [-0.25, -0.2) is 0 Å². The molecule has 7 nitrogen and oxygen atoms in total. The normalized spacial score (nSPS) is 13.2. The minimum atomic E-state index is -4.78. The average Bonchev–Trinajstić information content (AvgIpc) is 3.20. The van der Waals surface area contributed by atoms with Crippen LogP contribution >= 0.6 is 11.6 Å². The highest BCUT2D eigenvalue weighted by Gasteiger charge is 2.34. The summed E-state index contributed by atoms with van der Waals surface area (Å²) in [5.41, 5.74) is -1.04. The Balaban J connectivity index is 1.51. The van der Waals surface area contributed by atoms with Gasteiger partial charge in [0.2, 0.25) is 5.91 Å². The van der Waals surface area contributed by atoms with Crippen LogP contribution in [0.15, 0.2) is 53.3 Å². The summed E-state index contributed by atoms with van der Waals surface area (Å²) in [6.45, 7) is 0.850. The van der Waals surface area contributed by atoms with Crippen molar-refractivity contribution in [2.75, 3.05) is 23.8 Å². The Morgan fingerprint density at radius 2 is 1.82 bits per heavy atom. The Morgan fingerprint density at radius 1 is 1.03 bits per heavy atom. The quantitative estimate of drug-likeness (QED) is 0.485. The van der Waals surface area contributed by atoms with Crippen LogP contribution in [0.5, 0.6) is 11.5 Å². The lowest BCUT2D eigenvalue weighted by atomic mass is 10.1. The van der Waals surface area contributed by atoms with Crippen LogP contribution in [0.25, 0.3) is 0 Å². The molecule has 0 bridgehead atoms. The van der Waals surface area contributed by atoms with E-state index < -0.39 is 29.2 Å². The molecule has 0 fully saturated rings. The van der Waals surface area contributed by atoms with E-state index in [0.29, 0.717) is 36.7 Å². The summed E-state index contributed by atoms with van der Waals surface area (Å²) in [4.78, 5) is 24.7. The van der Waals surface area contributed by atoms with Crippen molar-refractivity contribution < 1.29 is 36.7 Å². The van der Waals surface area contributed by atoms with Crippen LogP contribution in [0.1, 0.15) is 27.9 Å². The summed E-state index contributed by atoms with van der Waals surface area (Å²) in [7, 11) is 0. The third-order valence-electron chi connectivity index (χ3n) is 4.87. The molecular formula is C23H18ClF3N2O5. The lowest BCUT2D eigenvalue weighted by molar-refractivity contribution is -0.136. The molecule has 34 heavy (non-hydrogen) atoms. The third-order valence-corrected chi connectivity index (χ3v) is 5.15. The average molecular weight is 495 g/mol. The molecule has 3 aromatic rings. The predicted molar refractivity (Wildman–Crippen MR) is 117 cm³/mol. The van der Waals surface area contributed by atoms with Gasteiger partial charge in [0.15, 0.2) is 11.5 Å². The largest absolute Gasteiger partial charge is 0.489 e. The molecule has 0 saturated carbocycles. The molecule has 1 aliphatic heterocycles. The van der Waals surface area contributed by atoms with Crippen LogP contribution < -0.4 is 20.1 Å². The zero-order valence-electron chi connectivity index (χ0n) is 17.5.